The van der Waals surface area contributed by atoms with E-state index in [0.29, 0.717) is 22.3 Å². The van der Waals surface area contributed by atoms with Gasteiger partial charge in [0.1, 0.15) is 0 Å². The zero-order chi connectivity index (χ0) is 29.9. The van der Waals surface area contributed by atoms with Crippen LogP contribution in [0, 0.1) is 0 Å². The smallest absolute Gasteiger partial charge is 0.348 e. The van der Waals surface area contributed by atoms with Crippen LogP contribution in [0.25, 0.3) is 10.8 Å². The third-order valence-corrected chi connectivity index (χ3v) is 6.71. The van der Waals surface area contributed by atoms with Gasteiger partial charge in [0, 0.05) is 30.5 Å². The van der Waals surface area contributed by atoms with Crippen molar-refractivity contribution < 1.29 is 31.1 Å². The highest BCUT2D eigenvalue weighted by Gasteiger charge is 2.37. The molecule has 0 aliphatic heterocycles. The number of ether oxygens (including phenoxy) is 1. The van der Waals surface area contributed by atoms with Crippen molar-refractivity contribution in [2.45, 2.75) is 31.7 Å². The van der Waals surface area contributed by atoms with Gasteiger partial charge in [-0.3, -0.25) is 4.98 Å². The second-order valence-electron chi connectivity index (χ2n) is 9.35. The Balaban J connectivity index is 1.64. The first-order valence-electron chi connectivity index (χ1n) is 12.5. The predicted molar refractivity (Wildman–Crippen MR) is 148 cm³/mol. The highest BCUT2D eigenvalue weighted by Crippen LogP contribution is 2.38. The molecular formula is C30H21BrF6N4O. The quantitative estimate of drug-likeness (QED) is 0.125. The van der Waals surface area contributed by atoms with Crippen molar-refractivity contribution in [3.63, 3.8) is 0 Å². The molecule has 42 heavy (non-hydrogen) atoms. The average Bonchev–Trinajstić information content (AvgIpc) is 2.96. The number of hydrogen-bond acceptors (Lipinski definition) is 5. The summed E-state index contributed by atoms with van der Waals surface area (Å²) in [5.74, 6) is 0.0113. The van der Waals surface area contributed by atoms with E-state index in [0.717, 1.165) is 16.3 Å². The molecule has 1 unspecified atom stereocenters. The third-order valence-electron chi connectivity index (χ3n) is 6.30. The second-order valence-corrected chi connectivity index (χ2v) is 10.3. The van der Waals surface area contributed by atoms with Gasteiger partial charge in [0.05, 0.1) is 27.9 Å². The molecule has 0 amide bonds. The summed E-state index contributed by atoms with van der Waals surface area (Å²) in [5, 5.41) is 1.65. The number of halogens is 7. The molecule has 0 bridgehead atoms. The number of alkyl halides is 6. The molecule has 0 aliphatic rings. The van der Waals surface area contributed by atoms with Crippen LogP contribution in [0.15, 0.2) is 102 Å². The van der Waals surface area contributed by atoms with Gasteiger partial charge in [-0.25, -0.2) is 9.97 Å². The zero-order valence-corrected chi connectivity index (χ0v) is 23.2. The van der Waals surface area contributed by atoms with Crippen LogP contribution >= 0.6 is 15.9 Å². The maximum atomic E-state index is 13.7. The van der Waals surface area contributed by atoms with Crippen molar-refractivity contribution in [3.05, 3.63) is 130 Å². The molecule has 0 saturated heterocycles. The molecule has 0 saturated carbocycles. The molecule has 0 spiro atoms. The SMILES string of the molecule is FC(F)(F)c1cc(CN(c2ncc(Br)cn2)C(OCc2ccccc2)c2cc3ccccc3cn2)cc(C(F)(F)F)c1. The van der Waals surface area contributed by atoms with E-state index in [-0.39, 0.29) is 24.2 Å². The van der Waals surface area contributed by atoms with Crippen molar-refractivity contribution in [3.8, 4) is 0 Å². The van der Waals surface area contributed by atoms with Crippen LogP contribution in [0.3, 0.4) is 0 Å². The van der Waals surface area contributed by atoms with E-state index in [1.165, 1.54) is 17.3 Å². The lowest BCUT2D eigenvalue weighted by Crippen LogP contribution is -2.32. The first-order valence-corrected chi connectivity index (χ1v) is 13.3. The van der Waals surface area contributed by atoms with Gasteiger partial charge in [0.2, 0.25) is 5.95 Å². The molecular weight excluding hydrogens is 626 g/mol. The minimum absolute atomic E-state index is 0.0113. The van der Waals surface area contributed by atoms with Crippen LogP contribution in [0.1, 0.15) is 34.2 Å². The van der Waals surface area contributed by atoms with Gasteiger partial charge in [-0.2, -0.15) is 26.3 Å². The zero-order valence-electron chi connectivity index (χ0n) is 21.6. The number of pyridine rings is 1. The van der Waals surface area contributed by atoms with Crippen LogP contribution in [-0.4, -0.2) is 15.0 Å². The average molecular weight is 647 g/mol. The molecule has 3 aromatic carbocycles. The fourth-order valence-electron chi connectivity index (χ4n) is 4.34. The molecule has 2 aromatic heterocycles. The summed E-state index contributed by atoms with van der Waals surface area (Å²) in [5.41, 5.74) is -1.96. The molecule has 0 N–H and O–H groups in total. The van der Waals surface area contributed by atoms with Crippen molar-refractivity contribution in [1.82, 2.24) is 15.0 Å². The lowest BCUT2D eigenvalue weighted by molar-refractivity contribution is -0.143. The minimum atomic E-state index is -5.00. The number of aromatic nitrogens is 3. The Morgan fingerprint density at radius 2 is 1.29 bits per heavy atom. The minimum Gasteiger partial charge on any atom is -0.348 e. The molecule has 216 valence electrons. The fourth-order valence-corrected chi connectivity index (χ4v) is 4.54. The van der Waals surface area contributed by atoms with Gasteiger partial charge < -0.3 is 9.64 Å². The molecule has 1 atom stereocenters. The number of hydrogen-bond donors (Lipinski definition) is 0. The van der Waals surface area contributed by atoms with Crippen LogP contribution in [0.4, 0.5) is 32.3 Å². The lowest BCUT2D eigenvalue weighted by Gasteiger charge is -2.32. The lowest BCUT2D eigenvalue weighted by atomic mass is 10.0. The van der Waals surface area contributed by atoms with E-state index >= 15 is 0 Å². The Labute approximate surface area is 245 Å². The van der Waals surface area contributed by atoms with Crippen LogP contribution in [-0.2, 0) is 30.2 Å². The topological polar surface area (TPSA) is 51.1 Å². The predicted octanol–water partition coefficient (Wildman–Crippen LogP) is 8.75. The molecule has 5 aromatic rings. The summed E-state index contributed by atoms with van der Waals surface area (Å²) >= 11 is 3.26. The number of fused-ring (bicyclic) bond motifs is 1. The maximum absolute atomic E-state index is 13.7. The van der Waals surface area contributed by atoms with Crippen LogP contribution < -0.4 is 4.90 Å². The van der Waals surface area contributed by atoms with Crippen molar-refractivity contribution in [1.29, 1.82) is 0 Å². The molecule has 0 aliphatic carbocycles. The van der Waals surface area contributed by atoms with Gasteiger partial charge in [0.25, 0.3) is 0 Å². The third kappa shape index (κ3) is 7.05. The highest BCUT2D eigenvalue weighted by atomic mass is 79.9. The van der Waals surface area contributed by atoms with Gasteiger partial charge in [-0.05, 0) is 56.7 Å². The van der Waals surface area contributed by atoms with Gasteiger partial charge >= 0.3 is 12.4 Å². The van der Waals surface area contributed by atoms with Gasteiger partial charge in [-0.1, -0.05) is 54.6 Å². The molecule has 0 radical (unpaired) electrons. The molecule has 5 rings (SSSR count). The Morgan fingerprint density at radius 1 is 0.690 bits per heavy atom. The van der Waals surface area contributed by atoms with Crippen LogP contribution in [0.2, 0.25) is 0 Å². The van der Waals surface area contributed by atoms with E-state index in [1.807, 2.05) is 54.6 Å². The van der Waals surface area contributed by atoms with E-state index in [9.17, 15) is 26.3 Å². The van der Waals surface area contributed by atoms with Crippen LogP contribution in [0.5, 0.6) is 0 Å². The number of rotatable bonds is 8. The first kappa shape index (κ1) is 29.5. The van der Waals surface area contributed by atoms with Crippen molar-refractivity contribution >= 4 is 32.7 Å². The Hall–Kier alpha value is -4.03. The van der Waals surface area contributed by atoms with E-state index < -0.39 is 36.3 Å². The number of nitrogens with zero attached hydrogens (tertiary/aromatic N) is 4. The highest BCUT2D eigenvalue weighted by molar-refractivity contribution is 9.10. The summed E-state index contributed by atoms with van der Waals surface area (Å²) in [6, 6.07) is 19.7. The molecule has 5 nitrogen and oxygen atoms in total. The summed E-state index contributed by atoms with van der Waals surface area (Å²) in [4.78, 5) is 14.5. The van der Waals surface area contributed by atoms with Crippen molar-refractivity contribution in [2.24, 2.45) is 0 Å². The summed E-state index contributed by atoms with van der Waals surface area (Å²) in [6.07, 6.45) is -6.64. The maximum Gasteiger partial charge on any atom is 0.416 e. The number of benzene rings is 3. The standard InChI is InChI=1S/C30H21BrF6N4O/c31-25-15-39-28(40-16-25)41(17-20-10-23(29(32,33)34)13-24(11-20)30(35,36)37)27(42-18-19-6-2-1-3-7-19)26-12-21-8-4-5-9-22(21)14-38-26/h1-16,27H,17-18H2. The molecule has 12 heteroatoms. The van der Waals surface area contributed by atoms with Gasteiger partial charge in [0.15, 0.2) is 6.23 Å². The normalized spacial score (nSPS) is 12.8. The monoisotopic (exact) mass is 646 g/mol. The number of anilines is 1. The summed E-state index contributed by atoms with van der Waals surface area (Å²) in [7, 11) is 0. The first-order chi connectivity index (χ1) is 20.0. The fraction of sp³-hybridized carbons (Fsp3) is 0.167. The molecule has 0 fully saturated rings. The Bertz CT molecular complexity index is 1630. The van der Waals surface area contributed by atoms with Crippen molar-refractivity contribution in [2.75, 3.05) is 4.90 Å². The molecule has 2 heterocycles. The summed E-state index contributed by atoms with van der Waals surface area (Å²) < 4.78 is 88.9. The van der Waals surface area contributed by atoms with E-state index in [2.05, 4.69) is 30.9 Å². The van der Waals surface area contributed by atoms with E-state index in [4.69, 9.17) is 4.74 Å². The second kappa shape index (κ2) is 12.1. The van der Waals surface area contributed by atoms with E-state index in [1.54, 1.807) is 12.3 Å². The largest absolute Gasteiger partial charge is 0.416 e. The van der Waals surface area contributed by atoms with Gasteiger partial charge in [-0.15, -0.1) is 0 Å². The summed E-state index contributed by atoms with van der Waals surface area (Å²) in [6.45, 7) is -0.397. The Kier molecular flexibility index (Phi) is 8.46. The Morgan fingerprint density at radius 3 is 1.90 bits per heavy atom.